The third-order valence-corrected chi connectivity index (χ3v) is 6.32. The molecule has 2 saturated heterocycles. The number of carbonyl (C=O) groups is 3. The second-order valence-electron chi connectivity index (χ2n) is 7.44. The number of anilines is 2. The second kappa shape index (κ2) is 8.32. The third kappa shape index (κ3) is 4.03. The van der Waals surface area contributed by atoms with E-state index in [0.29, 0.717) is 24.6 Å². The molecule has 8 heteroatoms. The molecule has 2 fully saturated rings. The van der Waals surface area contributed by atoms with E-state index >= 15 is 0 Å². The van der Waals surface area contributed by atoms with Crippen LogP contribution in [-0.2, 0) is 20.8 Å². The van der Waals surface area contributed by atoms with Crippen molar-refractivity contribution in [2.45, 2.75) is 38.6 Å². The first kappa shape index (κ1) is 19.6. The lowest BCUT2D eigenvalue weighted by Gasteiger charge is -2.26. The Morgan fingerprint density at radius 1 is 1.28 bits per heavy atom. The van der Waals surface area contributed by atoms with Crippen molar-refractivity contribution >= 4 is 39.9 Å². The summed E-state index contributed by atoms with van der Waals surface area (Å²) in [6, 6.07) is 7.39. The Morgan fingerprint density at radius 2 is 2.07 bits per heavy atom. The van der Waals surface area contributed by atoms with E-state index in [4.69, 9.17) is 0 Å². The molecule has 0 unspecified atom stereocenters. The number of nitrogens with one attached hydrogen (secondary N) is 1. The first-order valence-electron chi connectivity index (χ1n) is 9.97. The van der Waals surface area contributed by atoms with E-state index in [1.54, 1.807) is 21.4 Å². The van der Waals surface area contributed by atoms with Gasteiger partial charge in [-0.05, 0) is 37.0 Å². The molecule has 2 aliphatic rings. The standard InChI is InChI=1S/C21H24N4O3S/c1-2-14-5-7-16(8-6-14)25-13-15(12-18(25)26)20(28)24-10-3-4-17(24)19(27)23-21-22-9-11-29-21/h5-9,11,15,17H,2-4,10,12-13H2,1H3,(H,22,23,27)/t15-,17-/m0/s1. The van der Waals surface area contributed by atoms with Crippen LogP contribution in [0.4, 0.5) is 10.8 Å². The largest absolute Gasteiger partial charge is 0.330 e. The zero-order valence-electron chi connectivity index (χ0n) is 16.3. The molecule has 2 aromatic rings. The zero-order chi connectivity index (χ0) is 20.4. The summed E-state index contributed by atoms with van der Waals surface area (Å²) in [5, 5.41) is 5.12. The van der Waals surface area contributed by atoms with Crippen molar-refractivity contribution in [3.05, 3.63) is 41.4 Å². The molecule has 1 N–H and O–H groups in total. The van der Waals surface area contributed by atoms with Crippen LogP contribution in [0.2, 0.25) is 0 Å². The zero-order valence-corrected chi connectivity index (χ0v) is 17.2. The van der Waals surface area contributed by atoms with Crippen LogP contribution in [0.3, 0.4) is 0 Å². The van der Waals surface area contributed by atoms with Gasteiger partial charge in [-0.3, -0.25) is 14.4 Å². The average molecular weight is 413 g/mol. The minimum Gasteiger partial charge on any atom is -0.330 e. The lowest BCUT2D eigenvalue weighted by Crippen LogP contribution is -2.46. The molecule has 0 bridgehead atoms. The van der Waals surface area contributed by atoms with E-state index in [0.717, 1.165) is 18.5 Å². The number of amides is 3. The van der Waals surface area contributed by atoms with E-state index < -0.39 is 12.0 Å². The van der Waals surface area contributed by atoms with E-state index in [1.165, 1.54) is 16.9 Å². The van der Waals surface area contributed by atoms with Crippen LogP contribution in [0.15, 0.2) is 35.8 Å². The SMILES string of the molecule is CCc1ccc(N2C[C@@H](C(=O)N3CCC[C@H]3C(=O)Nc3nccs3)CC2=O)cc1. The lowest BCUT2D eigenvalue weighted by molar-refractivity contribution is -0.140. The molecular weight excluding hydrogens is 388 g/mol. The summed E-state index contributed by atoms with van der Waals surface area (Å²) in [5.74, 6) is -0.776. The number of thiazole rings is 1. The van der Waals surface area contributed by atoms with Crippen molar-refractivity contribution in [2.75, 3.05) is 23.3 Å². The Balaban J connectivity index is 1.43. The molecule has 0 radical (unpaired) electrons. The molecular formula is C21H24N4O3S. The van der Waals surface area contributed by atoms with Gasteiger partial charge in [0.15, 0.2) is 5.13 Å². The number of aryl methyl sites for hydroxylation is 1. The lowest BCUT2D eigenvalue weighted by atomic mass is 10.1. The van der Waals surface area contributed by atoms with Gasteiger partial charge in [-0.1, -0.05) is 19.1 Å². The number of carbonyl (C=O) groups excluding carboxylic acids is 3. The summed E-state index contributed by atoms with van der Waals surface area (Å²) in [6.45, 7) is 2.99. The molecule has 29 heavy (non-hydrogen) atoms. The fourth-order valence-electron chi connectivity index (χ4n) is 4.05. The molecule has 0 aliphatic carbocycles. The quantitative estimate of drug-likeness (QED) is 0.819. The van der Waals surface area contributed by atoms with Crippen LogP contribution in [0.25, 0.3) is 0 Å². The summed E-state index contributed by atoms with van der Waals surface area (Å²) in [4.78, 5) is 45.7. The molecule has 2 atom stereocenters. The van der Waals surface area contributed by atoms with Crippen LogP contribution in [-0.4, -0.2) is 46.7 Å². The normalized spacial score (nSPS) is 21.6. The first-order chi connectivity index (χ1) is 14.1. The Labute approximate surface area is 173 Å². The molecule has 0 saturated carbocycles. The van der Waals surface area contributed by atoms with Crippen molar-refractivity contribution < 1.29 is 14.4 Å². The van der Waals surface area contributed by atoms with Gasteiger partial charge in [0.25, 0.3) is 0 Å². The molecule has 2 aliphatic heterocycles. The van der Waals surface area contributed by atoms with Crippen molar-refractivity contribution in [2.24, 2.45) is 5.92 Å². The van der Waals surface area contributed by atoms with Gasteiger partial charge in [-0.2, -0.15) is 0 Å². The van der Waals surface area contributed by atoms with Gasteiger partial charge in [0.05, 0.1) is 5.92 Å². The van der Waals surface area contributed by atoms with Crippen LogP contribution in [0.1, 0.15) is 31.7 Å². The monoisotopic (exact) mass is 412 g/mol. The molecule has 152 valence electrons. The summed E-state index contributed by atoms with van der Waals surface area (Å²) >= 11 is 1.35. The molecule has 3 heterocycles. The third-order valence-electron chi connectivity index (χ3n) is 5.63. The molecule has 0 spiro atoms. The van der Waals surface area contributed by atoms with Gasteiger partial charge in [-0.15, -0.1) is 11.3 Å². The van der Waals surface area contributed by atoms with Crippen LogP contribution >= 0.6 is 11.3 Å². The van der Waals surface area contributed by atoms with Crippen molar-refractivity contribution in [3.8, 4) is 0 Å². The molecule has 1 aromatic heterocycles. The Bertz CT molecular complexity index is 897. The smallest absolute Gasteiger partial charge is 0.248 e. The number of benzene rings is 1. The first-order valence-corrected chi connectivity index (χ1v) is 10.8. The molecule has 1 aromatic carbocycles. The Hall–Kier alpha value is -2.74. The van der Waals surface area contributed by atoms with Gasteiger partial charge >= 0.3 is 0 Å². The maximum absolute atomic E-state index is 13.1. The summed E-state index contributed by atoms with van der Waals surface area (Å²) in [5.41, 5.74) is 2.03. The van der Waals surface area contributed by atoms with Crippen molar-refractivity contribution in [1.82, 2.24) is 9.88 Å². The summed E-state index contributed by atoms with van der Waals surface area (Å²) in [6.07, 6.45) is 4.17. The van der Waals surface area contributed by atoms with Gasteiger partial charge in [0, 0.05) is 36.8 Å². The molecule has 4 rings (SSSR count). The van der Waals surface area contributed by atoms with E-state index in [9.17, 15) is 14.4 Å². The number of likely N-dealkylation sites (tertiary alicyclic amines) is 1. The van der Waals surface area contributed by atoms with Crippen molar-refractivity contribution in [3.63, 3.8) is 0 Å². The summed E-state index contributed by atoms with van der Waals surface area (Å²) < 4.78 is 0. The number of hydrogen-bond donors (Lipinski definition) is 1. The van der Waals surface area contributed by atoms with Gasteiger partial charge in [0.2, 0.25) is 17.7 Å². The van der Waals surface area contributed by atoms with Gasteiger partial charge < -0.3 is 15.1 Å². The highest BCUT2D eigenvalue weighted by molar-refractivity contribution is 7.13. The van der Waals surface area contributed by atoms with Crippen LogP contribution < -0.4 is 10.2 Å². The Kier molecular flexibility index (Phi) is 5.62. The highest BCUT2D eigenvalue weighted by Crippen LogP contribution is 2.29. The van der Waals surface area contributed by atoms with Crippen molar-refractivity contribution in [1.29, 1.82) is 0 Å². The van der Waals surface area contributed by atoms with Crippen LogP contribution in [0.5, 0.6) is 0 Å². The number of aromatic nitrogens is 1. The molecule has 3 amide bonds. The van der Waals surface area contributed by atoms with E-state index in [2.05, 4.69) is 17.2 Å². The van der Waals surface area contributed by atoms with E-state index in [-0.39, 0.29) is 24.1 Å². The maximum atomic E-state index is 13.1. The molecule has 7 nitrogen and oxygen atoms in total. The highest BCUT2D eigenvalue weighted by atomic mass is 32.1. The number of hydrogen-bond acceptors (Lipinski definition) is 5. The fraction of sp³-hybridized carbons (Fsp3) is 0.429. The average Bonchev–Trinajstić information content (AvgIpc) is 3.48. The predicted molar refractivity (Wildman–Crippen MR) is 112 cm³/mol. The van der Waals surface area contributed by atoms with E-state index in [1.807, 2.05) is 24.3 Å². The predicted octanol–water partition coefficient (Wildman–Crippen LogP) is 2.69. The minimum absolute atomic E-state index is 0.0458. The Morgan fingerprint density at radius 3 is 2.76 bits per heavy atom. The summed E-state index contributed by atoms with van der Waals surface area (Å²) in [7, 11) is 0. The fourth-order valence-corrected chi connectivity index (χ4v) is 4.58. The highest BCUT2D eigenvalue weighted by Gasteiger charge is 2.42. The van der Waals surface area contributed by atoms with Gasteiger partial charge in [0.1, 0.15) is 6.04 Å². The number of rotatable bonds is 5. The van der Waals surface area contributed by atoms with Crippen LogP contribution in [0, 0.1) is 5.92 Å². The second-order valence-corrected chi connectivity index (χ2v) is 8.34. The minimum atomic E-state index is -0.501. The van der Waals surface area contributed by atoms with Gasteiger partial charge in [-0.25, -0.2) is 4.98 Å². The number of nitrogens with zero attached hydrogens (tertiary/aromatic N) is 3. The maximum Gasteiger partial charge on any atom is 0.248 e. The topological polar surface area (TPSA) is 82.6 Å².